The summed E-state index contributed by atoms with van der Waals surface area (Å²) in [4.78, 5) is 35.7. The molecule has 0 saturated heterocycles. The Labute approximate surface area is 118 Å². The van der Waals surface area contributed by atoms with E-state index in [1.54, 1.807) is 42.5 Å². The maximum atomic E-state index is 12.1. The number of aromatic nitrogens is 2. The Morgan fingerprint density at radius 1 is 0.857 bits per heavy atom. The van der Waals surface area contributed by atoms with Crippen LogP contribution in [0.25, 0.3) is 10.8 Å². The van der Waals surface area contributed by atoms with Gasteiger partial charge in [0.15, 0.2) is 0 Å². The first-order chi connectivity index (χ1) is 10.2. The highest BCUT2D eigenvalue weighted by Gasteiger charge is 2.11. The lowest BCUT2D eigenvalue weighted by molar-refractivity contribution is 0.102. The monoisotopic (exact) mass is 281 g/mol. The van der Waals surface area contributed by atoms with Crippen molar-refractivity contribution in [3.8, 4) is 0 Å². The fraction of sp³-hybridized carbons (Fsp3) is 0. The van der Waals surface area contributed by atoms with Gasteiger partial charge in [-0.25, -0.2) is 0 Å². The largest absolute Gasteiger partial charge is 0.321 e. The van der Waals surface area contributed by atoms with Crippen LogP contribution in [0.4, 0.5) is 5.69 Å². The van der Waals surface area contributed by atoms with Crippen LogP contribution in [0.3, 0.4) is 0 Å². The molecular formula is C15H11N3O3. The maximum Gasteiger partial charge on any atom is 0.272 e. The molecule has 0 radical (unpaired) electrons. The third kappa shape index (κ3) is 2.34. The van der Waals surface area contributed by atoms with E-state index >= 15 is 0 Å². The summed E-state index contributed by atoms with van der Waals surface area (Å²) in [6, 6.07) is 13.3. The number of hydrogen-bond acceptors (Lipinski definition) is 3. The van der Waals surface area contributed by atoms with E-state index in [0.717, 1.165) is 0 Å². The van der Waals surface area contributed by atoms with Gasteiger partial charge in [0.1, 0.15) is 0 Å². The number of hydrogen-bond donors (Lipinski definition) is 3. The number of aromatic amines is 2. The third-order valence-electron chi connectivity index (χ3n) is 3.11. The summed E-state index contributed by atoms with van der Waals surface area (Å²) in [6.45, 7) is 0. The van der Waals surface area contributed by atoms with Gasteiger partial charge >= 0.3 is 0 Å². The van der Waals surface area contributed by atoms with E-state index in [1.165, 1.54) is 6.07 Å². The second kappa shape index (κ2) is 5.09. The van der Waals surface area contributed by atoms with E-state index in [9.17, 15) is 14.4 Å². The molecule has 0 atom stereocenters. The van der Waals surface area contributed by atoms with Gasteiger partial charge in [0.25, 0.3) is 17.0 Å². The van der Waals surface area contributed by atoms with E-state index < -0.39 is 11.1 Å². The van der Waals surface area contributed by atoms with Crippen molar-refractivity contribution in [2.45, 2.75) is 0 Å². The van der Waals surface area contributed by atoms with Gasteiger partial charge in [0.05, 0.1) is 16.5 Å². The molecule has 3 N–H and O–H groups in total. The van der Waals surface area contributed by atoms with Crippen molar-refractivity contribution in [2.24, 2.45) is 0 Å². The zero-order valence-corrected chi connectivity index (χ0v) is 10.8. The molecule has 6 nitrogen and oxygen atoms in total. The zero-order valence-electron chi connectivity index (χ0n) is 10.8. The Hall–Kier alpha value is -3.15. The molecule has 0 spiro atoms. The molecule has 0 saturated carbocycles. The van der Waals surface area contributed by atoms with E-state index in [0.29, 0.717) is 11.3 Å². The third-order valence-corrected chi connectivity index (χ3v) is 3.11. The zero-order chi connectivity index (χ0) is 14.8. The van der Waals surface area contributed by atoms with E-state index in [-0.39, 0.29) is 16.7 Å². The number of nitrogens with one attached hydrogen (secondary N) is 3. The van der Waals surface area contributed by atoms with Crippen molar-refractivity contribution in [1.29, 1.82) is 0 Å². The average Bonchev–Trinajstić information content (AvgIpc) is 2.52. The number of fused-ring (bicyclic) bond motifs is 1. The van der Waals surface area contributed by atoms with Crippen LogP contribution in [0, 0.1) is 0 Å². The van der Waals surface area contributed by atoms with Gasteiger partial charge in [-0.2, -0.15) is 0 Å². The number of carbonyl (C=O) groups excluding carboxylic acids is 1. The van der Waals surface area contributed by atoms with Crippen molar-refractivity contribution >= 4 is 22.4 Å². The maximum absolute atomic E-state index is 12.1. The number of carbonyl (C=O) groups is 1. The molecule has 2 aromatic carbocycles. The SMILES string of the molecule is O=C(Nc1cccc2c(=O)[nH][nH]c(=O)c12)c1ccccc1. The van der Waals surface area contributed by atoms with E-state index in [2.05, 4.69) is 15.5 Å². The van der Waals surface area contributed by atoms with Crippen molar-refractivity contribution < 1.29 is 4.79 Å². The van der Waals surface area contributed by atoms with E-state index in [4.69, 9.17) is 0 Å². The highest BCUT2D eigenvalue weighted by atomic mass is 16.2. The van der Waals surface area contributed by atoms with Crippen LogP contribution in [-0.4, -0.2) is 16.1 Å². The van der Waals surface area contributed by atoms with Crippen molar-refractivity contribution in [2.75, 3.05) is 5.32 Å². The molecule has 21 heavy (non-hydrogen) atoms. The lowest BCUT2D eigenvalue weighted by atomic mass is 10.1. The molecule has 0 unspecified atom stereocenters. The Kier molecular flexibility index (Phi) is 3.12. The Balaban J connectivity index is 2.10. The predicted molar refractivity (Wildman–Crippen MR) is 79.6 cm³/mol. The molecule has 3 aromatic rings. The van der Waals surface area contributed by atoms with E-state index in [1.807, 2.05) is 0 Å². The van der Waals surface area contributed by atoms with Gasteiger partial charge < -0.3 is 5.32 Å². The molecule has 104 valence electrons. The van der Waals surface area contributed by atoms with Crippen LogP contribution in [0.1, 0.15) is 10.4 Å². The number of amides is 1. The van der Waals surface area contributed by atoms with Gasteiger partial charge in [0.2, 0.25) is 0 Å². The van der Waals surface area contributed by atoms with Crippen molar-refractivity contribution in [3.05, 3.63) is 74.8 Å². The summed E-state index contributed by atoms with van der Waals surface area (Å²) in [6.07, 6.45) is 0. The standard InChI is InChI=1S/C15H11N3O3/c19-13(9-5-2-1-3-6-9)16-11-8-4-7-10-12(11)15(21)18-17-14(10)20/h1-8H,(H,16,19)(H,17,20)(H,18,21). The molecule has 1 heterocycles. The molecular weight excluding hydrogens is 270 g/mol. The van der Waals surface area contributed by atoms with Gasteiger partial charge in [0, 0.05) is 5.56 Å². The molecule has 1 aromatic heterocycles. The first-order valence-corrected chi connectivity index (χ1v) is 6.27. The minimum Gasteiger partial charge on any atom is -0.321 e. The molecule has 0 aliphatic carbocycles. The Morgan fingerprint density at radius 2 is 1.57 bits per heavy atom. The summed E-state index contributed by atoms with van der Waals surface area (Å²) >= 11 is 0. The summed E-state index contributed by atoms with van der Waals surface area (Å²) in [5.74, 6) is -0.345. The molecule has 0 aliphatic heterocycles. The first-order valence-electron chi connectivity index (χ1n) is 6.27. The van der Waals surface area contributed by atoms with Crippen LogP contribution in [0.2, 0.25) is 0 Å². The van der Waals surface area contributed by atoms with Crippen LogP contribution in [0.15, 0.2) is 58.1 Å². The molecule has 3 rings (SSSR count). The minimum absolute atomic E-state index is 0.158. The molecule has 0 fully saturated rings. The molecule has 0 bridgehead atoms. The summed E-state index contributed by atoms with van der Waals surface area (Å²) < 4.78 is 0. The fourth-order valence-corrected chi connectivity index (χ4v) is 2.12. The number of rotatable bonds is 2. The minimum atomic E-state index is -0.464. The Morgan fingerprint density at radius 3 is 2.33 bits per heavy atom. The van der Waals surface area contributed by atoms with Gasteiger partial charge in [-0.05, 0) is 24.3 Å². The highest BCUT2D eigenvalue weighted by Crippen LogP contribution is 2.17. The second-order valence-corrected chi connectivity index (χ2v) is 4.46. The quantitative estimate of drug-likeness (QED) is 0.663. The summed E-state index contributed by atoms with van der Waals surface area (Å²) in [5.41, 5.74) is -0.113. The summed E-state index contributed by atoms with van der Waals surface area (Å²) in [7, 11) is 0. The predicted octanol–water partition coefficient (Wildman–Crippen LogP) is 1.47. The summed E-state index contributed by atoms with van der Waals surface area (Å²) in [5, 5.41) is 7.54. The van der Waals surface area contributed by atoms with Crippen LogP contribution < -0.4 is 16.4 Å². The van der Waals surface area contributed by atoms with Gasteiger partial charge in [-0.15, -0.1) is 0 Å². The lowest BCUT2D eigenvalue weighted by Gasteiger charge is -2.07. The van der Waals surface area contributed by atoms with Crippen LogP contribution in [0.5, 0.6) is 0 Å². The van der Waals surface area contributed by atoms with Gasteiger partial charge in [-0.3, -0.25) is 24.6 Å². The van der Waals surface area contributed by atoms with Crippen LogP contribution >= 0.6 is 0 Å². The molecule has 6 heteroatoms. The fourth-order valence-electron chi connectivity index (χ4n) is 2.12. The molecule has 1 amide bonds. The number of H-pyrrole nitrogens is 2. The smallest absolute Gasteiger partial charge is 0.272 e. The average molecular weight is 281 g/mol. The lowest BCUT2D eigenvalue weighted by Crippen LogP contribution is -2.21. The van der Waals surface area contributed by atoms with Gasteiger partial charge in [-0.1, -0.05) is 24.3 Å². The second-order valence-electron chi connectivity index (χ2n) is 4.46. The van der Waals surface area contributed by atoms with Crippen LogP contribution in [-0.2, 0) is 0 Å². The highest BCUT2D eigenvalue weighted by molar-refractivity contribution is 6.08. The van der Waals surface area contributed by atoms with Crippen molar-refractivity contribution in [3.63, 3.8) is 0 Å². The normalized spacial score (nSPS) is 10.5. The molecule has 0 aliphatic rings. The topological polar surface area (TPSA) is 94.8 Å². The van der Waals surface area contributed by atoms with Crippen molar-refractivity contribution in [1.82, 2.24) is 10.2 Å². The Bertz CT molecular complexity index is 926. The number of anilines is 1. The number of benzene rings is 2. The first kappa shape index (κ1) is 12.9.